The first-order valence-corrected chi connectivity index (χ1v) is 6.51. The number of nitrogens with two attached hydrogens (primary N) is 1. The van der Waals surface area contributed by atoms with Crippen LogP contribution in [0.15, 0.2) is 4.99 Å². The fourth-order valence-electron chi connectivity index (χ4n) is 2.15. The number of nitrogens with one attached hydrogen (secondary N) is 1. The van der Waals surface area contributed by atoms with Crippen LogP contribution in [0.4, 0.5) is 0 Å². The Morgan fingerprint density at radius 2 is 1.94 bits per heavy atom. The summed E-state index contributed by atoms with van der Waals surface area (Å²) in [4.78, 5) is 17.5. The standard InChI is InChI=1S/C12H24N4O/c1-3-16(4-2)11(17)9-14-12(13)15-10-7-5-6-8-10/h10H,3-9H2,1-2H3,(H3,13,14,15). The van der Waals surface area contributed by atoms with E-state index in [1.807, 2.05) is 13.8 Å². The summed E-state index contributed by atoms with van der Waals surface area (Å²) < 4.78 is 0. The van der Waals surface area contributed by atoms with Crippen molar-refractivity contribution in [2.24, 2.45) is 10.7 Å². The first kappa shape index (κ1) is 13.8. The van der Waals surface area contributed by atoms with Gasteiger partial charge in [-0.1, -0.05) is 12.8 Å². The van der Waals surface area contributed by atoms with Crippen LogP contribution in [0.3, 0.4) is 0 Å². The Balaban J connectivity index is 2.33. The van der Waals surface area contributed by atoms with Crippen LogP contribution in [0.5, 0.6) is 0 Å². The lowest BCUT2D eigenvalue weighted by atomic mass is 10.2. The molecule has 1 amide bonds. The number of likely N-dealkylation sites (N-methyl/N-ethyl adjacent to an activating group) is 1. The number of hydrogen-bond donors (Lipinski definition) is 2. The van der Waals surface area contributed by atoms with E-state index in [-0.39, 0.29) is 12.5 Å². The Morgan fingerprint density at radius 1 is 1.35 bits per heavy atom. The molecular formula is C12H24N4O. The molecule has 5 heteroatoms. The molecule has 0 heterocycles. The van der Waals surface area contributed by atoms with Gasteiger partial charge in [-0.2, -0.15) is 0 Å². The van der Waals surface area contributed by atoms with Gasteiger partial charge in [0.15, 0.2) is 5.96 Å². The minimum atomic E-state index is 0.0335. The highest BCUT2D eigenvalue weighted by Gasteiger charge is 2.15. The fourth-order valence-corrected chi connectivity index (χ4v) is 2.15. The van der Waals surface area contributed by atoms with Gasteiger partial charge in [-0.05, 0) is 26.7 Å². The Kier molecular flexibility index (Phi) is 5.80. The number of nitrogens with zero attached hydrogens (tertiary/aromatic N) is 2. The minimum absolute atomic E-state index is 0.0335. The Morgan fingerprint density at radius 3 is 2.47 bits per heavy atom. The maximum atomic E-state index is 11.7. The summed E-state index contributed by atoms with van der Waals surface area (Å²) in [5, 5.41) is 3.17. The van der Waals surface area contributed by atoms with Gasteiger partial charge in [0.05, 0.1) is 0 Å². The number of hydrogen-bond acceptors (Lipinski definition) is 2. The highest BCUT2D eigenvalue weighted by molar-refractivity contribution is 5.84. The molecule has 0 aromatic rings. The van der Waals surface area contributed by atoms with Gasteiger partial charge in [-0.15, -0.1) is 0 Å². The molecular weight excluding hydrogens is 216 g/mol. The second kappa shape index (κ2) is 7.14. The molecule has 1 saturated carbocycles. The molecule has 0 saturated heterocycles. The number of rotatable bonds is 5. The van der Waals surface area contributed by atoms with Crippen LogP contribution in [0.25, 0.3) is 0 Å². The molecule has 1 aliphatic carbocycles. The second-order valence-electron chi connectivity index (χ2n) is 4.39. The highest BCUT2D eigenvalue weighted by atomic mass is 16.2. The number of guanidine groups is 1. The average molecular weight is 240 g/mol. The molecule has 0 atom stereocenters. The van der Waals surface area contributed by atoms with Gasteiger partial charge in [0, 0.05) is 19.1 Å². The molecule has 0 aromatic carbocycles. The van der Waals surface area contributed by atoms with Gasteiger partial charge >= 0.3 is 0 Å². The van der Waals surface area contributed by atoms with Crippen molar-refractivity contribution in [1.29, 1.82) is 0 Å². The van der Waals surface area contributed by atoms with E-state index >= 15 is 0 Å². The van der Waals surface area contributed by atoms with Gasteiger partial charge in [-0.25, -0.2) is 4.99 Å². The number of carbonyl (C=O) groups excluding carboxylic acids is 1. The van der Waals surface area contributed by atoms with Gasteiger partial charge in [0.25, 0.3) is 0 Å². The van der Waals surface area contributed by atoms with E-state index in [0.29, 0.717) is 12.0 Å². The molecule has 1 rings (SSSR count). The molecule has 0 bridgehead atoms. The fraction of sp³-hybridized carbons (Fsp3) is 0.833. The van der Waals surface area contributed by atoms with Crippen LogP contribution in [0.2, 0.25) is 0 Å². The third-order valence-corrected chi connectivity index (χ3v) is 3.21. The first-order chi connectivity index (χ1) is 8.17. The largest absolute Gasteiger partial charge is 0.370 e. The monoisotopic (exact) mass is 240 g/mol. The molecule has 98 valence electrons. The molecule has 1 fully saturated rings. The predicted molar refractivity (Wildman–Crippen MR) is 69.8 cm³/mol. The van der Waals surface area contributed by atoms with Crippen LogP contribution in [-0.4, -0.2) is 42.4 Å². The minimum Gasteiger partial charge on any atom is -0.370 e. The van der Waals surface area contributed by atoms with Gasteiger partial charge in [-0.3, -0.25) is 4.79 Å². The smallest absolute Gasteiger partial charge is 0.244 e. The number of amides is 1. The molecule has 0 unspecified atom stereocenters. The zero-order valence-electron chi connectivity index (χ0n) is 10.9. The molecule has 5 nitrogen and oxygen atoms in total. The van der Waals surface area contributed by atoms with Crippen molar-refractivity contribution in [2.45, 2.75) is 45.6 Å². The summed E-state index contributed by atoms with van der Waals surface area (Å²) in [6.45, 7) is 5.52. The lowest BCUT2D eigenvalue weighted by molar-refractivity contribution is -0.129. The van der Waals surface area contributed by atoms with Gasteiger partial charge in [0.1, 0.15) is 6.54 Å². The van der Waals surface area contributed by atoms with Crippen molar-refractivity contribution in [1.82, 2.24) is 10.2 Å². The van der Waals surface area contributed by atoms with Gasteiger partial charge < -0.3 is 16.0 Å². The molecule has 0 radical (unpaired) electrons. The van der Waals surface area contributed by atoms with Crippen LogP contribution >= 0.6 is 0 Å². The van der Waals surface area contributed by atoms with Crippen LogP contribution in [0, 0.1) is 0 Å². The number of carbonyl (C=O) groups is 1. The number of aliphatic imine (C=N–C) groups is 1. The lowest BCUT2D eigenvalue weighted by Gasteiger charge is -2.17. The van der Waals surface area contributed by atoms with E-state index < -0.39 is 0 Å². The van der Waals surface area contributed by atoms with Crippen molar-refractivity contribution in [2.75, 3.05) is 19.6 Å². The summed E-state index contributed by atoms with van der Waals surface area (Å²) in [5.41, 5.74) is 5.75. The summed E-state index contributed by atoms with van der Waals surface area (Å²) >= 11 is 0. The molecule has 0 spiro atoms. The first-order valence-electron chi connectivity index (χ1n) is 6.51. The normalized spacial score (nSPS) is 17.2. The third-order valence-electron chi connectivity index (χ3n) is 3.21. The van der Waals surface area contributed by atoms with Crippen molar-refractivity contribution in [3.05, 3.63) is 0 Å². The molecule has 17 heavy (non-hydrogen) atoms. The average Bonchev–Trinajstić information content (AvgIpc) is 2.81. The zero-order valence-corrected chi connectivity index (χ0v) is 10.9. The molecule has 3 N–H and O–H groups in total. The second-order valence-corrected chi connectivity index (χ2v) is 4.39. The van der Waals surface area contributed by atoms with E-state index in [9.17, 15) is 4.79 Å². The summed E-state index contributed by atoms with van der Waals surface area (Å²) in [5.74, 6) is 0.434. The highest BCUT2D eigenvalue weighted by Crippen LogP contribution is 2.17. The van der Waals surface area contributed by atoms with E-state index in [4.69, 9.17) is 5.73 Å². The van der Waals surface area contributed by atoms with Crippen molar-refractivity contribution in [3.8, 4) is 0 Å². The topological polar surface area (TPSA) is 70.7 Å². The molecule has 0 aliphatic heterocycles. The van der Waals surface area contributed by atoms with E-state index in [1.54, 1.807) is 4.90 Å². The van der Waals surface area contributed by atoms with Gasteiger partial charge in [0.2, 0.25) is 5.91 Å². The predicted octanol–water partition coefficient (Wildman–Crippen LogP) is 0.702. The van der Waals surface area contributed by atoms with E-state index in [0.717, 1.165) is 25.9 Å². The quantitative estimate of drug-likeness (QED) is 0.549. The summed E-state index contributed by atoms with van der Waals surface area (Å²) in [6, 6.07) is 0.447. The Bertz CT molecular complexity index is 268. The van der Waals surface area contributed by atoms with Crippen molar-refractivity contribution in [3.63, 3.8) is 0 Å². The van der Waals surface area contributed by atoms with Crippen LogP contribution in [-0.2, 0) is 4.79 Å². The van der Waals surface area contributed by atoms with Crippen molar-refractivity contribution >= 4 is 11.9 Å². The van der Waals surface area contributed by atoms with E-state index in [2.05, 4.69) is 10.3 Å². The maximum absolute atomic E-state index is 11.7. The Labute approximate surface area is 103 Å². The maximum Gasteiger partial charge on any atom is 0.244 e. The van der Waals surface area contributed by atoms with E-state index in [1.165, 1.54) is 12.8 Å². The molecule has 0 aromatic heterocycles. The SMILES string of the molecule is CCN(CC)C(=O)CN=C(N)NC1CCCC1. The zero-order chi connectivity index (χ0) is 12.7. The third kappa shape index (κ3) is 4.63. The van der Waals surface area contributed by atoms with Crippen LogP contribution < -0.4 is 11.1 Å². The van der Waals surface area contributed by atoms with Crippen LogP contribution in [0.1, 0.15) is 39.5 Å². The summed E-state index contributed by atoms with van der Waals surface area (Å²) in [7, 11) is 0. The van der Waals surface area contributed by atoms with Crippen molar-refractivity contribution < 1.29 is 4.79 Å². The lowest BCUT2D eigenvalue weighted by Crippen LogP contribution is -2.40. The Hall–Kier alpha value is -1.26. The summed E-state index contributed by atoms with van der Waals surface area (Å²) in [6.07, 6.45) is 4.81. The molecule has 1 aliphatic rings.